The number of rotatable bonds is 5. The Morgan fingerprint density at radius 3 is 2.82 bits per heavy atom. The summed E-state index contributed by atoms with van der Waals surface area (Å²) in [7, 11) is 1.90. The zero-order valence-corrected chi connectivity index (χ0v) is 11.8. The van der Waals surface area contributed by atoms with Crippen molar-refractivity contribution >= 4 is 23.2 Å². The molecule has 0 spiro atoms. The molecule has 0 aliphatic carbocycles. The Bertz CT molecular complexity index is 404. The summed E-state index contributed by atoms with van der Waals surface area (Å²) in [6.45, 7) is 4.46. The third-order valence-electron chi connectivity index (χ3n) is 2.51. The van der Waals surface area contributed by atoms with Gasteiger partial charge in [-0.2, -0.15) is 0 Å². The second-order valence-corrected chi connectivity index (χ2v) is 4.59. The molecule has 1 N–H and O–H groups in total. The van der Waals surface area contributed by atoms with E-state index in [0.717, 1.165) is 16.9 Å². The van der Waals surface area contributed by atoms with Crippen LogP contribution < -0.4 is 10.1 Å². The fourth-order valence-electron chi connectivity index (χ4n) is 1.37. The molecule has 0 heterocycles. The summed E-state index contributed by atoms with van der Waals surface area (Å²) in [6.07, 6.45) is 0. The van der Waals surface area contributed by atoms with E-state index in [0.29, 0.717) is 11.6 Å². The Hall–Kier alpha value is -0.700. The van der Waals surface area contributed by atoms with Gasteiger partial charge in [0.25, 0.3) is 0 Å². The van der Waals surface area contributed by atoms with Gasteiger partial charge in [0.2, 0.25) is 0 Å². The third-order valence-corrected chi connectivity index (χ3v) is 3.12. The van der Waals surface area contributed by atoms with Crippen molar-refractivity contribution in [2.24, 2.45) is 0 Å². The average molecular weight is 274 g/mol. The maximum absolute atomic E-state index is 5.99. The Morgan fingerprint density at radius 1 is 1.53 bits per heavy atom. The molecule has 0 fully saturated rings. The van der Waals surface area contributed by atoms with Gasteiger partial charge in [0.15, 0.2) is 0 Å². The molecule has 1 aromatic rings. The van der Waals surface area contributed by atoms with Crippen molar-refractivity contribution < 1.29 is 4.74 Å². The SMILES string of the molecule is CNC(C)c1cc(Cl)ccc1OC/C(C)=C/Cl. The molecule has 0 bridgehead atoms. The van der Waals surface area contributed by atoms with Crippen molar-refractivity contribution in [1.82, 2.24) is 5.32 Å². The van der Waals surface area contributed by atoms with Gasteiger partial charge in [-0.15, -0.1) is 0 Å². The molecule has 94 valence electrons. The lowest BCUT2D eigenvalue weighted by Gasteiger charge is -2.17. The van der Waals surface area contributed by atoms with E-state index in [4.69, 9.17) is 27.9 Å². The second kappa shape index (κ2) is 6.90. The number of benzene rings is 1. The van der Waals surface area contributed by atoms with Crippen molar-refractivity contribution in [1.29, 1.82) is 0 Å². The van der Waals surface area contributed by atoms with Gasteiger partial charge in [0, 0.05) is 22.2 Å². The minimum atomic E-state index is 0.184. The summed E-state index contributed by atoms with van der Waals surface area (Å²) in [5.41, 5.74) is 3.55. The molecule has 4 heteroatoms. The summed E-state index contributed by atoms with van der Waals surface area (Å²) in [4.78, 5) is 0. The average Bonchev–Trinajstić information content (AvgIpc) is 2.35. The quantitative estimate of drug-likeness (QED) is 0.871. The molecule has 1 aromatic carbocycles. The van der Waals surface area contributed by atoms with E-state index in [1.165, 1.54) is 5.54 Å². The highest BCUT2D eigenvalue weighted by Gasteiger charge is 2.10. The summed E-state index contributed by atoms with van der Waals surface area (Å²) in [6, 6.07) is 5.80. The molecule has 0 saturated carbocycles. The molecule has 0 saturated heterocycles. The van der Waals surface area contributed by atoms with Crippen LogP contribution in [0.25, 0.3) is 0 Å². The lowest BCUT2D eigenvalue weighted by atomic mass is 10.1. The molecule has 1 atom stereocenters. The van der Waals surface area contributed by atoms with Gasteiger partial charge < -0.3 is 10.1 Å². The first-order chi connectivity index (χ1) is 8.08. The molecule has 0 aliphatic heterocycles. The van der Waals surface area contributed by atoms with Crippen LogP contribution in [0.3, 0.4) is 0 Å². The fraction of sp³-hybridized carbons (Fsp3) is 0.385. The monoisotopic (exact) mass is 273 g/mol. The van der Waals surface area contributed by atoms with Crippen LogP contribution in [-0.2, 0) is 0 Å². The zero-order valence-electron chi connectivity index (χ0n) is 10.3. The van der Waals surface area contributed by atoms with Crippen LogP contribution in [0.15, 0.2) is 29.3 Å². The van der Waals surface area contributed by atoms with Crippen LogP contribution in [0.1, 0.15) is 25.5 Å². The first-order valence-corrected chi connectivity index (χ1v) is 6.25. The highest BCUT2D eigenvalue weighted by molar-refractivity contribution is 6.30. The van der Waals surface area contributed by atoms with E-state index >= 15 is 0 Å². The summed E-state index contributed by atoms with van der Waals surface area (Å²) in [5.74, 6) is 0.828. The molecule has 17 heavy (non-hydrogen) atoms. The molecule has 0 radical (unpaired) electrons. The largest absolute Gasteiger partial charge is 0.489 e. The molecule has 2 nitrogen and oxygen atoms in total. The topological polar surface area (TPSA) is 21.3 Å². The van der Waals surface area contributed by atoms with E-state index in [-0.39, 0.29) is 6.04 Å². The van der Waals surface area contributed by atoms with E-state index < -0.39 is 0 Å². The maximum Gasteiger partial charge on any atom is 0.124 e. The molecule has 0 aliphatic rings. The molecule has 1 unspecified atom stereocenters. The van der Waals surface area contributed by atoms with E-state index in [1.807, 2.05) is 32.2 Å². The van der Waals surface area contributed by atoms with Gasteiger partial charge >= 0.3 is 0 Å². The van der Waals surface area contributed by atoms with Crippen LogP contribution >= 0.6 is 23.2 Å². The van der Waals surface area contributed by atoms with Crippen LogP contribution in [-0.4, -0.2) is 13.7 Å². The predicted molar refractivity (Wildman–Crippen MR) is 74.0 cm³/mol. The zero-order chi connectivity index (χ0) is 12.8. The van der Waals surface area contributed by atoms with Crippen molar-refractivity contribution in [3.63, 3.8) is 0 Å². The van der Waals surface area contributed by atoms with E-state index in [9.17, 15) is 0 Å². The smallest absolute Gasteiger partial charge is 0.124 e. The minimum absolute atomic E-state index is 0.184. The molecular weight excluding hydrogens is 257 g/mol. The number of hydrogen-bond acceptors (Lipinski definition) is 2. The van der Waals surface area contributed by atoms with Gasteiger partial charge in [-0.05, 0) is 44.7 Å². The number of ether oxygens (including phenoxy) is 1. The first-order valence-electron chi connectivity index (χ1n) is 5.43. The normalized spacial score (nSPS) is 13.6. The lowest BCUT2D eigenvalue weighted by molar-refractivity contribution is 0.345. The lowest BCUT2D eigenvalue weighted by Crippen LogP contribution is -2.14. The highest BCUT2D eigenvalue weighted by Crippen LogP contribution is 2.28. The van der Waals surface area contributed by atoms with Gasteiger partial charge in [0.05, 0.1) is 0 Å². The van der Waals surface area contributed by atoms with Gasteiger partial charge in [-0.1, -0.05) is 23.2 Å². The Balaban J connectivity index is 2.90. The summed E-state index contributed by atoms with van der Waals surface area (Å²) >= 11 is 11.6. The molecule has 0 aromatic heterocycles. The molecule has 0 amide bonds. The Kier molecular flexibility index (Phi) is 5.83. The van der Waals surface area contributed by atoms with Crippen molar-refractivity contribution in [2.75, 3.05) is 13.7 Å². The number of nitrogens with one attached hydrogen (secondary N) is 1. The van der Waals surface area contributed by atoms with Crippen molar-refractivity contribution in [3.8, 4) is 5.75 Å². The third kappa shape index (κ3) is 4.23. The number of halogens is 2. The van der Waals surface area contributed by atoms with Crippen molar-refractivity contribution in [2.45, 2.75) is 19.9 Å². The highest BCUT2D eigenvalue weighted by atomic mass is 35.5. The second-order valence-electron chi connectivity index (χ2n) is 3.94. The van der Waals surface area contributed by atoms with Crippen LogP contribution in [0.2, 0.25) is 5.02 Å². The van der Waals surface area contributed by atoms with Crippen LogP contribution in [0, 0.1) is 0 Å². The van der Waals surface area contributed by atoms with Crippen molar-refractivity contribution in [3.05, 3.63) is 39.9 Å². The number of hydrogen-bond donors (Lipinski definition) is 1. The summed E-state index contributed by atoms with van der Waals surface area (Å²) in [5, 5.41) is 3.88. The first kappa shape index (κ1) is 14.4. The van der Waals surface area contributed by atoms with Crippen LogP contribution in [0.4, 0.5) is 0 Å². The van der Waals surface area contributed by atoms with Crippen LogP contribution in [0.5, 0.6) is 5.75 Å². The predicted octanol–water partition coefficient (Wildman–Crippen LogP) is 4.14. The summed E-state index contributed by atoms with van der Waals surface area (Å²) < 4.78 is 5.72. The minimum Gasteiger partial charge on any atom is -0.489 e. The molecular formula is C13H17Cl2NO. The molecule has 1 rings (SSSR count). The fourth-order valence-corrected chi connectivity index (χ4v) is 1.61. The standard InChI is InChI=1S/C13H17Cl2NO/c1-9(7-14)8-17-13-5-4-11(15)6-12(13)10(2)16-3/h4-7,10,16H,8H2,1-3H3/b9-7+. The van der Waals surface area contributed by atoms with E-state index in [1.54, 1.807) is 0 Å². The van der Waals surface area contributed by atoms with Gasteiger partial charge in [-0.25, -0.2) is 0 Å². The van der Waals surface area contributed by atoms with Gasteiger partial charge in [-0.3, -0.25) is 0 Å². The van der Waals surface area contributed by atoms with E-state index in [2.05, 4.69) is 12.2 Å². The maximum atomic E-state index is 5.99. The Morgan fingerprint density at radius 2 is 2.24 bits per heavy atom. The van der Waals surface area contributed by atoms with Gasteiger partial charge in [0.1, 0.15) is 12.4 Å². The Labute approximate surface area is 113 Å².